The number of halogens is 1. The van der Waals surface area contributed by atoms with E-state index in [1.54, 1.807) is 30.0 Å². The molecule has 0 bridgehead atoms. The monoisotopic (exact) mass is 313 g/mol. The number of hydrogen-bond donors (Lipinski definition) is 1. The Morgan fingerprint density at radius 1 is 1.39 bits per heavy atom. The van der Waals surface area contributed by atoms with Crippen molar-refractivity contribution in [3.8, 4) is 0 Å². The maximum Gasteiger partial charge on any atom is 0.308 e. The number of rotatable bonds is 5. The largest absolute Gasteiger partial charge is 0.481 e. The van der Waals surface area contributed by atoms with E-state index in [0.717, 1.165) is 4.47 Å². The zero-order valence-corrected chi connectivity index (χ0v) is 12.0. The number of benzene rings is 1. The SMILES string of the molecule is CCN(CC(C)C(=O)O)C(=O)c1ccccc1Br. The van der Waals surface area contributed by atoms with Gasteiger partial charge in [-0.25, -0.2) is 0 Å². The van der Waals surface area contributed by atoms with Gasteiger partial charge in [0.15, 0.2) is 0 Å². The third kappa shape index (κ3) is 3.57. The van der Waals surface area contributed by atoms with E-state index < -0.39 is 11.9 Å². The Balaban J connectivity index is 2.86. The standard InChI is InChI=1S/C13H16BrNO3/c1-3-15(8-9(2)13(17)18)12(16)10-6-4-5-7-11(10)14/h4-7,9H,3,8H2,1-2H3,(H,17,18). The van der Waals surface area contributed by atoms with E-state index >= 15 is 0 Å². The van der Waals surface area contributed by atoms with Crippen LogP contribution in [0.5, 0.6) is 0 Å². The number of carboxylic acid groups (broad SMARTS) is 1. The van der Waals surface area contributed by atoms with Crippen molar-refractivity contribution in [3.63, 3.8) is 0 Å². The van der Waals surface area contributed by atoms with Crippen LogP contribution in [0.15, 0.2) is 28.7 Å². The van der Waals surface area contributed by atoms with Crippen molar-refractivity contribution >= 4 is 27.8 Å². The first-order valence-corrected chi connectivity index (χ1v) is 6.53. The lowest BCUT2D eigenvalue weighted by Crippen LogP contribution is -2.36. The van der Waals surface area contributed by atoms with Crippen molar-refractivity contribution in [2.75, 3.05) is 13.1 Å². The van der Waals surface area contributed by atoms with E-state index in [2.05, 4.69) is 15.9 Å². The van der Waals surface area contributed by atoms with Crippen LogP contribution < -0.4 is 0 Å². The number of nitrogens with zero attached hydrogens (tertiary/aromatic N) is 1. The number of amides is 1. The first-order chi connectivity index (χ1) is 8.47. The summed E-state index contributed by atoms with van der Waals surface area (Å²) in [5, 5.41) is 8.89. The minimum absolute atomic E-state index is 0.155. The van der Waals surface area contributed by atoms with Crippen LogP contribution in [-0.4, -0.2) is 35.0 Å². The molecule has 1 N–H and O–H groups in total. The summed E-state index contributed by atoms with van der Waals surface area (Å²) in [6.07, 6.45) is 0. The van der Waals surface area contributed by atoms with Crippen LogP contribution in [0.4, 0.5) is 0 Å². The molecule has 5 heteroatoms. The molecule has 1 unspecified atom stereocenters. The van der Waals surface area contributed by atoms with Gasteiger partial charge >= 0.3 is 5.97 Å². The molecular weight excluding hydrogens is 298 g/mol. The second kappa shape index (κ2) is 6.54. The van der Waals surface area contributed by atoms with E-state index in [-0.39, 0.29) is 12.5 Å². The molecule has 0 aliphatic heterocycles. The van der Waals surface area contributed by atoms with Crippen LogP contribution in [-0.2, 0) is 4.79 Å². The Labute approximate surface area is 115 Å². The van der Waals surface area contributed by atoms with E-state index in [4.69, 9.17) is 5.11 Å². The van der Waals surface area contributed by atoms with Crippen molar-refractivity contribution < 1.29 is 14.7 Å². The van der Waals surface area contributed by atoms with Gasteiger partial charge in [-0.05, 0) is 35.0 Å². The van der Waals surface area contributed by atoms with Crippen LogP contribution in [0.2, 0.25) is 0 Å². The highest BCUT2D eigenvalue weighted by atomic mass is 79.9. The first kappa shape index (κ1) is 14.7. The van der Waals surface area contributed by atoms with E-state index in [1.165, 1.54) is 0 Å². The summed E-state index contributed by atoms with van der Waals surface area (Å²) in [6, 6.07) is 7.13. The van der Waals surface area contributed by atoms with Gasteiger partial charge in [-0.15, -0.1) is 0 Å². The van der Waals surface area contributed by atoms with E-state index in [1.807, 2.05) is 13.0 Å². The summed E-state index contributed by atoms with van der Waals surface area (Å²) in [4.78, 5) is 24.6. The molecule has 0 spiro atoms. The molecule has 1 aromatic rings. The van der Waals surface area contributed by atoms with Gasteiger partial charge < -0.3 is 10.0 Å². The number of carboxylic acids is 1. The summed E-state index contributed by atoms with van der Waals surface area (Å²) < 4.78 is 0.719. The molecule has 98 valence electrons. The molecule has 0 saturated heterocycles. The average molecular weight is 314 g/mol. The zero-order chi connectivity index (χ0) is 13.7. The average Bonchev–Trinajstić information content (AvgIpc) is 2.35. The third-order valence-electron chi connectivity index (χ3n) is 2.69. The van der Waals surface area contributed by atoms with Crippen LogP contribution in [0.1, 0.15) is 24.2 Å². The molecule has 1 aromatic carbocycles. The van der Waals surface area contributed by atoms with Gasteiger partial charge in [-0.3, -0.25) is 9.59 Å². The lowest BCUT2D eigenvalue weighted by atomic mass is 10.1. The third-order valence-corrected chi connectivity index (χ3v) is 3.38. The van der Waals surface area contributed by atoms with Crippen LogP contribution in [0, 0.1) is 5.92 Å². The maximum absolute atomic E-state index is 12.3. The zero-order valence-electron chi connectivity index (χ0n) is 10.4. The molecule has 4 nitrogen and oxygen atoms in total. The Kier molecular flexibility index (Phi) is 5.34. The lowest BCUT2D eigenvalue weighted by Gasteiger charge is -2.23. The normalized spacial score (nSPS) is 11.9. The summed E-state index contributed by atoms with van der Waals surface area (Å²) in [5.74, 6) is -1.62. The maximum atomic E-state index is 12.3. The number of hydrogen-bond acceptors (Lipinski definition) is 2. The lowest BCUT2D eigenvalue weighted by molar-refractivity contribution is -0.141. The molecule has 0 aliphatic rings. The van der Waals surface area contributed by atoms with Crippen LogP contribution >= 0.6 is 15.9 Å². The Bertz CT molecular complexity index is 448. The van der Waals surface area contributed by atoms with Gasteiger partial charge in [0, 0.05) is 17.6 Å². The fraction of sp³-hybridized carbons (Fsp3) is 0.385. The molecule has 1 amide bonds. The Hall–Kier alpha value is -1.36. The summed E-state index contributed by atoms with van der Waals surface area (Å²) in [7, 11) is 0. The molecule has 0 heterocycles. The summed E-state index contributed by atoms with van der Waals surface area (Å²) in [5.41, 5.74) is 0.553. The molecule has 1 atom stereocenters. The fourth-order valence-corrected chi connectivity index (χ4v) is 2.02. The topological polar surface area (TPSA) is 57.6 Å². The second-order valence-corrected chi connectivity index (χ2v) is 4.92. The minimum Gasteiger partial charge on any atom is -0.481 e. The Morgan fingerprint density at radius 3 is 2.50 bits per heavy atom. The van der Waals surface area contributed by atoms with Gasteiger partial charge in [0.05, 0.1) is 11.5 Å². The quantitative estimate of drug-likeness (QED) is 0.909. The molecule has 18 heavy (non-hydrogen) atoms. The van der Waals surface area contributed by atoms with Gasteiger partial charge in [-0.2, -0.15) is 0 Å². The fourth-order valence-electron chi connectivity index (χ4n) is 1.57. The molecule has 0 saturated carbocycles. The second-order valence-electron chi connectivity index (χ2n) is 4.06. The minimum atomic E-state index is -0.895. The molecular formula is C13H16BrNO3. The highest BCUT2D eigenvalue weighted by molar-refractivity contribution is 9.10. The Morgan fingerprint density at radius 2 is 2.00 bits per heavy atom. The predicted molar refractivity (Wildman–Crippen MR) is 72.5 cm³/mol. The molecule has 0 fully saturated rings. The first-order valence-electron chi connectivity index (χ1n) is 5.74. The van der Waals surface area contributed by atoms with Crippen molar-refractivity contribution in [1.29, 1.82) is 0 Å². The van der Waals surface area contributed by atoms with E-state index in [9.17, 15) is 9.59 Å². The molecule has 1 rings (SSSR count). The highest BCUT2D eigenvalue weighted by Gasteiger charge is 2.21. The molecule has 0 aliphatic carbocycles. The van der Waals surface area contributed by atoms with Gasteiger partial charge in [0.2, 0.25) is 0 Å². The smallest absolute Gasteiger partial charge is 0.308 e. The number of aliphatic carboxylic acids is 1. The summed E-state index contributed by atoms with van der Waals surface area (Å²) >= 11 is 3.33. The van der Waals surface area contributed by atoms with E-state index in [0.29, 0.717) is 12.1 Å². The van der Waals surface area contributed by atoms with Crippen LogP contribution in [0.3, 0.4) is 0 Å². The van der Waals surface area contributed by atoms with Gasteiger partial charge in [-0.1, -0.05) is 19.1 Å². The predicted octanol–water partition coefficient (Wildman–Crippen LogP) is 2.63. The number of carbonyl (C=O) groups excluding carboxylic acids is 1. The van der Waals surface area contributed by atoms with Crippen molar-refractivity contribution in [1.82, 2.24) is 4.90 Å². The van der Waals surface area contributed by atoms with Gasteiger partial charge in [0.25, 0.3) is 5.91 Å². The van der Waals surface area contributed by atoms with Crippen molar-refractivity contribution in [2.24, 2.45) is 5.92 Å². The van der Waals surface area contributed by atoms with Crippen LogP contribution in [0.25, 0.3) is 0 Å². The summed E-state index contributed by atoms with van der Waals surface area (Å²) in [6.45, 7) is 4.13. The molecule has 0 radical (unpaired) electrons. The number of carbonyl (C=O) groups is 2. The molecule has 0 aromatic heterocycles. The highest BCUT2D eigenvalue weighted by Crippen LogP contribution is 2.18. The van der Waals surface area contributed by atoms with Crippen molar-refractivity contribution in [2.45, 2.75) is 13.8 Å². The van der Waals surface area contributed by atoms with Gasteiger partial charge in [0.1, 0.15) is 0 Å². The van der Waals surface area contributed by atoms with Crippen molar-refractivity contribution in [3.05, 3.63) is 34.3 Å².